The number of rotatable bonds is 6. The molecule has 0 aromatic carbocycles. The van der Waals surface area contributed by atoms with Gasteiger partial charge in [0.05, 0.1) is 17.5 Å². The molecule has 3 rings (SSSR count). The summed E-state index contributed by atoms with van der Waals surface area (Å²) in [6.07, 6.45) is 0.449. The molecular weight excluding hydrogens is 347 g/mol. The predicted octanol–water partition coefficient (Wildman–Crippen LogP) is 3.48. The molecule has 0 saturated heterocycles. The summed E-state index contributed by atoms with van der Waals surface area (Å²) >= 11 is 0. The average molecular weight is 365 g/mol. The second kappa shape index (κ2) is 6.48. The lowest BCUT2D eigenvalue weighted by Crippen LogP contribution is -2.12. The van der Waals surface area contributed by atoms with E-state index in [9.17, 15) is 13.2 Å². The first-order valence-electron chi connectivity index (χ1n) is 8.06. The summed E-state index contributed by atoms with van der Waals surface area (Å²) in [5, 5.41) is 18.7. The number of nitrogens with zero attached hydrogens (tertiary/aromatic N) is 5. The van der Waals surface area contributed by atoms with Gasteiger partial charge in [0, 0.05) is 37.8 Å². The Labute approximate surface area is 148 Å². The van der Waals surface area contributed by atoms with E-state index in [2.05, 4.69) is 31.8 Å². The Kier molecular flexibility index (Phi) is 4.48. The Morgan fingerprint density at radius 1 is 1.38 bits per heavy atom. The van der Waals surface area contributed by atoms with Crippen LogP contribution < -0.4 is 10.6 Å². The van der Waals surface area contributed by atoms with Crippen LogP contribution in [-0.4, -0.2) is 26.8 Å². The van der Waals surface area contributed by atoms with Gasteiger partial charge >= 0.3 is 6.18 Å². The van der Waals surface area contributed by atoms with Gasteiger partial charge in [0.2, 0.25) is 5.95 Å². The number of nitrogens with one attached hydrogen (secondary N) is 2. The third-order valence-corrected chi connectivity index (χ3v) is 4.43. The highest BCUT2D eigenvalue weighted by Crippen LogP contribution is 2.50. The van der Waals surface area contributed by atoms with Gasteiger partial charge in [-0.1, -0.05) is 0 Å². The molecule has 2 heterocycles. The van der Waals surface area contributed by atoms with Gasteiger partial charge in [0.25, 0.3) is 0 Å². The van der Waals surface area contributed by atoms with Gasteiger partial charge in [-0.15, -0.1) is 0 Å². The van der Waals surface area contributed by atoms with Crippen molar-refractivity contribution in [2.24, 2.45) is 5.41 Å². The molecule has 0 unspecified atom stereocenters. The van der Waals surface area contributed by atoms with Crippen LogP contribution in [0.5, 0.6) is 0 Å². The standard InChI is InChI=1S/C16H18F3N7/c1-10-12(8-26(25-10)9-15(3-4-15)5-6-20)23-14-22-7-11(16(17,18)19)13(21-2)24-14/h7-8H,3-5,9H2,1-2H3,(H2,21,22,23,24). The Morgan fingerprint density at radius 2 is 2.12 bits per heavy atom. The smallest absolute Gasteiger partial charge is 0.372 e. The number of hydrogen-bond donors (Lipinski definition) is 2. The van der Waals surface area contributed by atoms with E-state index < -0.39 is 11.7 Å². The van der Waals surface area contributed by atoms with E-state index in [4.69, 9.17) is 5.26 Å². The molecule has 1 fully saturated rings. The van der Waals surface area contributed by atoms with E-state index >= 15 is 0 Å². The normalized spacial score (nSPS) is 15.4. The highest BCUT2D eigenvalue weighted by Gasteiger charge is 2.43. The quantitative estimate of drug-likeness (QED) is 0.814. The molecule has 26 heavy (non-hydrogen) atoms. The molecule has 138 valence electrons. The number of alkyl halides is 3. The number of aryl methyl sites for hydroxylation is 1. The van der Waals surface area contributed by atoms with Gasteiger partial charge in [0.1, 0.15) is 11.4 Å². The molecule has 1 aliphatic rings. The summed E-state index contributed by atoms with van der Waals surface area (Å²) in [5.74, 6) is -0.255. The Hall–Kier alpha value is -2.83. The zero-order valence-electron chi connectivity index (χ0n) is 14.4. The Balaban J connectivity index is 1.78. The molecule has 1 saturated carbocycles. The van der Waals surface area contributed by atoms with Crippen LogP contribution in [0.3, 0.4) is 0 Å². The predicted molar refractivity (Wildman–Crippen MR) is 88.7 cm³/mol. The zero-order valence-corrected chi connectivity index (χ0v) is 14.4. The van der Waals surface area contributed by atoms with Crippen LogP contribution >= 0.6 is 0 Å². The molecule has 0 amide bonds. The van der Waals surface area contributed by atoms with Crippen LogP contribution in [-0.2, 0) is 12.7 Å². The lowest BCUT2D eigenvalue weighted by molar-refractivity contribution is -0.137. The number of hydrogen-bond acceptors (Lipinski definition) is 6. The van der Waals surface area contributed by atoms with E-state index in [1.807, 2.05) is 0 Å². The molecule has 10 heteroatoms. The van der Waals surface area contributed by atoms with E-state index in [1.165, 1.54) is 7.05 Å². The maximum absolute atomic E-state index is 12.9. The van der Waals surface area contributed by atoms with Crippen LogP contribution in [0.1, 0.15) is 30.5 Å². The highest BCUT2D eigenvalue weighted by atomic mass is 19.4. The number of aromatic nitrogens is 4. The molecule has 0 atom stereocenters. The molecule has 2 aromatic rings. The van der Waals surface area contributed by atoms with E-state index in [0.29, 0.717) is 24.3 Å². The van der Waals surface area contributed by atoms with Gasteiger partial charge < -0.3 is 10.6 Å². The molecule has 2 N–H and O–H groups in total. The fraction of sp³-hybridized carbons (Fsp3) is 0.500. The molecule has 0 radical (unpaired) electrons. The minimum Gasteiger partial charge on any atom is -0.372 e. The summed E-state index contributed by atoms with van der Waals surface area (Å²) in [4.78, 5) is 7.64. The highest BCUT2D eigenvalue weighted by molar-refractivity contribution is 5.57. The van der Waals surface area contributed by atoms with E-state index in [0.717, 1.165) is 19.0 Å². The largest absolute Gasteiger partial charge is 0.421 e. The third-order valence-electron chi connectivity index (χ3n) is 4.43. The van der Waals surface area contributed by atoms with Crippen LogP contribution in [0.4, 0.5) is 30.6 Å². The summed E-state index contributed by atoms with van der Waals surface area (Å²) in [5.41, 5.74) is 0.353. The Morgan fingerprint density at radius 3 is 2.69 bits per heavy atom. The summed E-state index contributed by atoms with van der Waals surface area (Å²) in [6, 6.07) is 2.21. The van der Waals surface area contributed by atoms with Crippen LogP contribution in [0.15, 0.2) is 12.4 Å². The van der Waals surface area contributed by atoms with Gasteiger partial charge in [0.15, 0.2) is 0 Å². The van der Waals surface area contributed by atoms with Crippen LogP contribution in [0.2, 0.25) is 0 Å². The molecule has 0 bridgehead atoms. The van der Waals surface area contributed by atoms with Gasteiger partial charge in [-0.25, -0.2) is 4.98 Å². The van der Waals surface area contributed by atoms with Crippen molar-refractivity contribution in [3.8, 4) is 6.07 Å². The first-order valence-corrected chi connectivity index (χ1v) is 8.06. The van der Waals surface area contributed by atoms with E-state index in [1.54, 1.807) is 17.8 Å². The minimum absolute atomic E-state index is 0.00532. The lowest BCUT2D eigenvalue weighted by atomic mass is 10.0. The van der Waals surface area contributed by atoms with Gasteiger partial charge in [-0.05, 0) is 19.8 Å². The third kappa shape index (κ3) is 3.71. The fourth-order valence-corrected chi connectivity index (χ4v) is 2.76. The van der Waals surface area contributed by atoms with Crippen molar-refractivity contribution in [2.75, 3.05) is 17.7 Å². The molecule has 0 aliphatic heterocycles. The number of nitriles is 1. The zero-order chi connectivity index (χ0) is 18.9. The van der Waals surface area contributed by atoms with Crippen molar-refractivity contribution in [1.82, 2.24) is 19.7 Å². The summed E-state index contributed by atoms with van der Waals surface area (Å²) < 4.78 is 40.5. The summed E-state index contributed by atoms with van der Waals surface area (Å²) in [7, 11) is 1.37. The monoisotopic (exact) mass is 365 g/mol. The van der Waals surface area contributed by atoms with Gasteiger partial charge in [-0.3, -0.25) is 4.68 Å². The van der Waals surface area contributed by atoms with Crippen LogP contribution in [0.25, 0.3) is 0 Å². The molecular formula is C16H18F3N7. The van der Waals surface area contributed by atoms with Crippen molar-refractivity contribution in [3.05, 3.63) is 23.7 Å². The van der Waals surface area contributed by atoms with Crippen LogP contribution in [0, 0.1) is 23.7 Å². The van der Waals surface area contributed by atoms with Gasteiger partial charge in [-0.2, -0.15) is 28.5 Å². The van der Waals surface area contributed by atoms with Crippen molar-refractivity contribution in [1.29, 1.82) is 5.26 Å². The molecule has 0 spiro atoms. The minimum atomic E-state index is -4.53. The lowest BCUT2D eigenvalue weighted by Gasteiger charge is -2.12. The maximum atomic E-state index is 12.9. The second-order valence-electron chi connectivity index (χ2n) is 6.49. The number of anilines is 3. The first-order chi connectivity index (χ1) is 12.3. The van der Waals surface area contributed by atoms with Crippen molar-refractivity contribution in [2.45, 2.75) is 38.9 Å². The Bertz CT molecular complexity index is 847. The second-order valence-corrected chi connectivity index (χ2v) is 6.49. The number of halogens is 3. The van der Waals surface area contributed by atoms with Crippen molar-refractivity contribution in [3.63, 3.8) is 0 Å². The maximum Gasteiger partial charge on any atom is 0.421 e. The van der Waals surface area contributed by atoms with E-state index in [-0.39, 0.29) is 17.2 Å². The summed E-state index contributed by atoms with van der Waals surface area (Å²) in [6.45, 7) is 2.42. The molecule has 7 nitrogen and oxygen atoms in total. The molecule has 1 aliphatic carbocycles. The average Bonchev–Trinajstić information content (AvgIpc) is 3.23. The van der Waals surface area contributed by atoms with Crippen molar-refractivity contribution < 1.29 is 13.2 Å². The topological polar surface area (TPSA) is 91.5 Å². The fourth-order valence-electron chi connectivity index (χ4n) is 2.76. The first kappa shape index (κ1) is 18.0. The molecule has 2 aromatic heterocycles. The SMILES string of the molecule is CNc1nc(Nc2cn(CC3(CC#N)CC3)nc2C)ncc1C(F)(F)F. The van der Waals surface area contributed by atoms with Crippen molar-refractivity contribution >= 4 is 17.5 Å².